The number of nitrogens with one attached hydrogen (secondary N) is 2. The fourth-order valence-corrected chi connectivity index (χ4v) is 3.52. The lowest BCUT2D eigenvalue weighted by molar-refractivity contribution is -0.127. The van der Waals surface area contributed by atoms with E-state index in [1.54, 1.807) is 19.0 Å². The number of aliphatic imine (C=N–C) groups is 1. The normalized spacial score (nSPS) is 15.9. The highest BCUT2D eigenvalue weighted by Crippen LogP contribution is 2.13. The Morgan fingerprint density at radius 3 is 2.77 bits per heavy atom. The van der Waals surface area contributed by atoms with Crippen LogP contribution in [0.25, 0.3) is 0 Å². The minimum absolute atomic E-state index is 0.0252. The minimum atomic E-state index is -0.0252. The molecule has 3 rings (SSSR count). The van der Waals surface area contributed by atoms with Gasteiger partial charge in [0.2, 0.25) is 5.91 Å². The molecular weight excluding hydrogens is 392 g/mol. The van der Waals surface area contributed by atoms with Crippen LogP contribution >= 0.6 is 0 Å². The molecule has 1 aliphatic rings. The van der Waals surface area contributed by atoms with Crippen molar-refractivity contribution in [3.8, 4) is 0 Å². The number of amides is 1. The van der Waals surface area contributed by atoms with Crippen molar-refractivity contribution >= 4 is 17.6 Å². The van der Waals surface area contributed by atoms with Crippen molar-refractivity contribution in [3.63, 3.8) is 0 Å². The van der Waals surface area contributed by atoms with Crippen LogP contribution in [0.2, 0.25) is 0 Å². The van der Waals surface area contributed by atoms with Gasteiger partial charge in [-0.15, -0.1) is 0 Å². The van der Waals surface area contributed by atoms with Gasteiger partial charge in [-0.25, -0.2) is 14.7 Å². The van der Waals surface area contributed by atoms with Gasteiger partial charge < -0.3 is 20.4 Å². The Morgan fingerprint density at radius 2 is 2.03 bits per heavy atom. The molecule has 0 saturated carbocycles. The van der Waals surface area contributed by atoms with Crippen molar-refractivity contribution in [1.82, 2.24) is 30.3 Å². The van der Waals surface area contributed by atoms with Gasteiger partial charge in [-0.3, -0.25) is 4.79 Å². The highest BCUT2D eigenvalue weighted by Gasteiger charge is 2.21. The maximum absolute atomic E-state index is 12.0. The lowest BCUT2D eigenvalue weighted by Crippen LogP contribution is -2.48. The Morgan fingerprint density at radius 1 is 1.26 bits per heavy atom. The highest BCUT2D eigenvalue weighted by atomic mass is 16.2. The Hall–Kier alpha value is -3.10. The Kier molecular flexibility index (Phi) is 7.86. The zero-order valence-electron chi connectivity index (χ0n) is 19.0. The molecule has 0 fully saturated rings. The molecule has 1 unspecified atom stereocenters. The number of carbonyl (C=O) groups excluding carboxylic acids is 1. The molecule has 1 amide bonds. The summed E-state index contributed by atoms with van der Waals surface area (Å²) >= 11 is 0. The first kappa shape index (κ1) is 22.6. The lowest BCUT2D eigenvalue weighted by Gasteiger charge is -2.26. The first-order valence-corrected chi connectivity index (χ1v) is 10.8. The molecule has 1 aromatic carbocycles. The molecule has 0 bridgehead atoms. The number of hydrogen-bond acceptors (Lipinski definition) is 5. The molecule has 168 valence electrons. The van der Waals surface area contributed by atoms with Crippen molar-refractivity contribution < 1.29 is 4.79 Å². The average Bonchev–Trinajstić information content (AvgIpc) is 3.14. The molecule has 2 heterocycles. The number of para-hydroxylation sites is 1. The molecule has 1 atom stereocenters. The van der Waals surface area contributed by atoms with Gasteiger partial charge in [0, 0.05) is 52.4 Å². The van der Waals surface area contributed by atoms with Gasteiger partial charge in [-0.05, 0) is 31.9 Å². The van der Waals surface area contributed by atoms with Crippen molar-refractivity contribution in [1.29, 1.82) is 0 Å². The highest BCUT2D eigenvalue weighted by molar-refractivity contribution is 5.84. The third kappa shape index (κ3) is 6.70. The zero-order valence-corrected chi connectivity index (χ0v) is 19.0. The smallest absolute Gasteiger partial charge is 0.243 e. The second-order valence-corrected chi connectivity index (χ2v) is 8.13. The van der Waals surface area contributed by atoms with Gasteiger partial charge >= 0.3 is 0 Å². The summed E-state index contributed by atoms with van der Waals surface area (Å²) in [6.07, 6.45) is 2.78. The summed E-state index contributed by atoms with van der Waals surface area (Å²) in [6, 6.07) is 10.5. The second kappa shape index (κ2) is 10.8. The van der Waals surface area contributed by atoms with Crippen molar-refractivity contribution in [2.75, 3.05) is 45.7 Å². The molecule has 31 heavy (non-hydrogen) atoms. The Balaban J connectivity index is 1.53. The molecule has 0 saturated heterocycles. The van der Waals surface area contributed by atoms with Crippen LogP contribution in [0.5, 0.6) is 0 Å². The van der Waals surface area contributed by atoms with Crippen molar-refractivity contribution in [3.05, 3.63) is 42.0 Å². The van der Waals surface area contributed by atoms with Crippen LogP contribution < -0.4 is 15.5 Å². The number of hydrogen-bond donors (Lipinski definition) is 2. The van der Waals surface area contributed by atoms with Gasteiger partial charge in [0.15, 0.2) is 5.96 Å². The molecule has 2 N–H and O–H groups in total. The predicted octanol–water partition coefficient (Wildman–Crippen LogP) is 1.05. The fraction of sp³-hybridized carbons (Fsp3) is 0.545. The SMILES string of the molecule is Cc1nc2n(n1)CC(NC(=NCC(=O)N(C)C)NCCCN(C)c1ccccc1)CC2. The summed E-state index contributed by atoms with van der Waals surface area (Å²) < 4.78 is 1.97. The summed E-state index contributed by atoms with van der Waals surface area (Å²) in [6.45, 7) is 4.47. The number of fused-ring (bicyclic) bond motifs is 1. The molecule has 2 aromatic rings. The maximum Gasteiger partial charge on any atom is 0.243 e. The summed E-state index contributed by atoms with van der Waals surface area (Å²) in [7, 11) is 5.58. The molecule has 1 aliphatic heterocycles. The molecule has 0 radical (unpaired) electrons. The summed E-state index contributed by atoms with van der Waals surface area (Å²) in [4.78, 5) is 24.8. The van der Waals surface area contributed by atoms with E-state index in [2.05, 4.69) is 49.8 Å². The third-order valence-corrected chi connectivity index (χ3v) is 5.34. The first-order valence-electron chi connectivity index (χ1n) is 10.8. The molecule has 0 aliphatic carbocycles. The third-order valence-electron chi connectivity index (χ3n) is 5.34. The van der Waals surface area contributed by atoms with E-state index in [1.165, 1.54) is 5.69 Å². The van der Waals surface area contributed by atoms with E-state index >= 15 is 0 Å². The molecular formula is C22H34N8O. The van der Waals surface area contributed by atoms with E-state index in [-0.39, 0.29) is 18.5 Å². The van der Waals surface area contributed by atoms with Crippen molar-refractivity contribution in [2.45, 2.75) is 38.8 Å². The van der Waals surface area contributed by atoms with Crippen molar-refractivity contribution in [2.24, 2.45) is 4.99 Å². The van der Waals surface area contributed by atoms with E-state index in [9.17, 15) is 4.79 Å². The predicted molar refractivity (Wildman–Crippen MR) is 123 cm³/mol. The van der Waals surface area contributed by atoms with Gasteiger partial charge in [-0.1, -0.05) is 18.2 Å². The first-order chi connectivity index (χ1) is 14.9. The van der Waals surface area contributed by atoms with Crippen LogP contribution in [0, 0.1) is 6.92 Å². The van der Waals surface area contributed by atoms with E-state index in [4.69, 9.17) is 0 Å². The number of aryl methyl sites for hydroxylation is 2. The van der Waals surface area contributed by atoms with Crippen LogP contribution in [0.15, 0.2) is 35.3 Å². The van der Waals surface area contributed by atoms with Gasteiger partial charge in [-0.2, -0.15) is 5.10 Å². The van der Waals surface area contributed by atoms with Crippen LogP contribution in [-0.2, 0) is 17.8 Å². The Bertz CT molecular complexity index is 877. The molecule has 0 spiro atoms. The summed E-state index contributed by atoms with van der Waals surface area (Å²) in [5, 5.41) is 11.3. The summed E-state index contributed by atoms with van der Waals surface area (Å²) in [5.41, 5.74) is 1.20. The van der Waals surface area contributed by atoms with E-state index in [0.29, 0.717) is 5.96 Å². The minimum Gasteiger partial charge on any atom is -0.375 e. The zero-order chi connectivity index (χ0) is 22.2. The van der Waals surface area contributed by atoms with Crippen LogP contribution in [-0.4, -0.2) is 78.4 Å². The molecule has 9 heteroatoms. The monoisotopic (exact) mass is 426 g/mol. The average molecular weight is 427 g/mol. The number of nitrogens with zero attached hydrogens (tertiary/aromatic N) is 6. The second-order valence-electron chi connectivity index (χ2n) is 8.13. The number of anilines is 1. The number of aromatic nitrogens is 3. The molecule has 9 nitrogen and oxygen atoms in total. The maximum atomic E-state index is 12.0. The fourth-order valence-electron chi connectivity index (χ4n) is 3.52. The Labute approximate surface area is 184 Å². The van der Waals surface area contributed by atoms with Gasteiger partial charge in [0.05, 0.1) is 6.54 Å². The van der Waals surface area contributed by atoms with Gasteiger partial charge in [0.1, 0.15) is 18.2 Å². The van der Waals surface area contributed by atoms with E-state index < -0.39 is 0 Å². The number of carbonyl (C=O) groups is 1. The number of guanidine groups is 1. The summed E-state index contributed by atoms with van der Waals surface area (Å²) in [5.74, 6) is 2.49. The van der Waals surface area contributed by atoms with Crippen LogP contribution in [0.4, 0.5) is 5.69 Å². The quantitative estimate of drug-likeness (QED) is 0.373. The van der Waals surface area contributed by atoms with Gasteiger partial charge in [0.25, 0.3) is 0 Å². The lowest BCUT2D eigenvalue weighted by atomic mass is 10.1. The van der Waals surface area contributed by atoms with E-state index in [1.807, 2.05) is 29.8 Å². The van der Waals surface area contributed by atoms with E-state index in [0.717, 1.165) is 50.5 Å². The number of likely N-dealkylation sites (N-methyl/N-ethyl adjacent to an activating group) is 1. The number of rotatable bonds is 8. The standard InChI is InChI=1S/C22H34N8O/c1-17-25-20-12-11-18(16-30(20)27-17)26-22(24-15-21(31)28(2)3)23-13-8-14-29(4)19-9-6-5-7-10-19/h5-7,9-10,18H,8,11-16H2,1-4H3,(H2,23,24,26). The number of benzene rings is 1. The molecule has 1 aromatic heterocycles. The topological polar surface area (TPSA) is 90.7 Å². The van der Waals surface area contributed by atoms with Crippen LogP contribution in [0.1, 0.15) is 24.5 Å². The van der Waals surface area contributed by atoms with Crippen LogP contribution in [0.3, 0.4) is 0 Å². The largest absolute Gasteiger partial charge is 0.375 e.